The van der Waals surface area contributed by atoms with Crippen molar-refractivity contribution in [2.24, 2.45) is 0 Å². The number of benzene rings is 3. The number of carbonyl (C=O) groups excluding carboxylic acids is 1. The van der Waals surface area contributed by atoms with Crippen LogP contribution in [0.5, 0.6) is 0 Å². The molecule has 0 spiro atoms. The number of amides is 1. The second-order valence-electron chi connectivity index (χ2n) is 5.82. The van der Waals surface area contributed by atoms with Gasteiger partial charge in [0, 0.05) is 15.6 Å². The molecule has 0 aliphatic carbocycles. The quantitative estimate of drug-likeness (QED) is 0.434. The molecule has 1 heterocycles. The van der Waals surface area contributed by atoms with Gasteiger partial charge >= 0.3 is 0 Å². The highest BCUT2D eigenvalue weighted by Crippen LogP contribution is 2.28. The fraction of sp³-hybridized carbons (Fsp3) is 0. The monoisotopic (exact) mass is 435 g/mol. The van der Waals surface area contributed by atoms with Crippen molar-refractivity contribution in [2.75, 3.05) is 5.32 Å². The predicted octanol–water partition coefficient (Wildman–Crippen LogP) is 5.89. The van der Waals surface area contributed by atoms with Crippen molar-refractivity contribution in [3.63, 3.8) is 0 Å². The Balaban J connectivity index is 1.47. The Morgan fingerprint density at radius 1 is 0.778 bits per heavy atom. The summed E-state index contributed by atoms with van der Waals surface area (Å²) in [7, 11) is 0. The minimum Gasteiger partial charge on any atom is -0.296 e. The van der Waals surface area contributed by atoms with Gasteiger partial charge in [-0.25, -0.2) is 0 Å². The standard InChI is InChI=1S/C21H14BrN3OS/c22-18-12-10-17(11-13-18)20-24-25-21(27-20)23-19(26)16-8-6-15(7-9-16)14-4-2-1-3-5-14/h1-13H,(H,23,25,26). The minimum absolute atomic E-state index is 0.201. The Kier molecular flexibility index (Phi) is 5.09. The van der Waals surface area contributed by atoms with Crippen LogP contribution in [0.2, 0.25) is 0 Å². The van der Waals surface area contributed by atoms with Crippen LogP contribution in [-0.4, -0.2) is 16.1 Å². The van der Waals surface area contributed by atoms with E-state index in [1.165, 1.54) is 11.3 Å². The van der Waals surface area contributed by atoms with Crippen molar-refractivity contribution in [1.82, 2.24) is 10.2 Å². The van der Waals surface area contributed by atoms with Gasteiger partial charge in [-0.2, -0.15) is 0 Å². The SMILES string of the molecule is O=C(Nc1nnc(-c2ccc(Br)cc2)s1)c1ccc(-c2ccccc2)cc1. The maximum atomic E-state index is 12.5. The Morgan fingerprint density at radius 2 is 1.41 bits per heavy atom. The van der Waals surface area contributed by atoms with Gasteiger partial charge in [0.2, 0.25) is 5.13 Å². The van der Waals surface area contributed by atoms with E-state index >= 15 is 0 Å². The van der Waals surface area contributed by atoms with Crippen LogP contribution in [0.15, 0.2) is 83.3 Å². The molecule has 4 aromatic rings. The zero-order valence-corrected chi connectivity index (χ0v) is 16.5. The van der Waals surface area contributed by atoms with E-state index in [0.29, 0.717) is 10.7 Å². The molecule has 6 heteroatoms. The number of carbonyl (C=O) groups is 1. The van der Waals surface area contributed by atoms with E-state index in [9.17, 15) is 4.79 Å². The summed E-state index contributed by atoms with van der Waals surface area (Å²) in [5, 5.41) is 12.3. The van der Waals surface area contributed by atoms with Crippen molar-refractivity contribution in [2.45, 2.75) is 0 Å². The van der Waals surface area contributed by atoms with E-state index < -0.39 is 0 Å². The van der Waals surface area contributed by atoms with Gasteiger partial charge in [0.1, 0.15) is 5.01 Å². The Hall–Kier alpha value is -2.83. The van der Waals surface area contributed by atoms with Crippen molar-refractivity contribution < 1.29 is 4.79 Å². The zero-order valence-electron chi connectivity index (χ0n) is 14.1. The molecule has 4 rings (SSSR count). The number of aromatic nitrogens is 2. The van der Waals surface area contributed by atoms with Crippen LogP contribution < -0.4 is 5.32 Å². The Bertz CT molecular complexity index is 1060. The number of nitrogens with zero attached hydrogens (tertiary/aromatic N) is 2. The molecule has 0 fully saturated rings. The highest BCUT2D eigenvalue weighted by atomic mass is 79.9. The van der Waals surface area contributed by atoms with Crippen molar-refractivity contribution in [1.29, 1.82) is 0 Å². The number of anilines is 1. The first-order valence-corrected chi connectivity index (χ1v) is 9.86. The van der Waals surface area contributed by atoms with Crippen molar-refractivity contribution >= 4 is 38.3 Å². The summed E-state index contributed by atoms with van der Waals surface area (Å²) in [6.07, 6.45) is 0. The summed E-state index contributed by atoms with van der Waals surface area (Å²) < 4.78 is 1.00. The lowest BCUT2D eigenvalue weighted by Gasteiger charge is -2.04. The molecule has 0 unspecified atom stereocenters. The van der Waals surface area contributed by atoms with E-state index in [1.807, 2.05) is 78.9 Å². The summed E-state index contributed by atoms with van der Waals surface area (Å²) in [6, 6.07) is 25.4. The molecular weight excluding hydrogens is 422 g/mol. The summed E-state index contributed by atoms with van der Waals surface area (Å²) >= 11 is 4.76. The highest BCUT2D eigenvalue weighted by Gasteiger charge is 2.11. The first-order valence-electron chi connectivity index (χ1n) is 8.25. The maximum Gasteiger partial charge on any atom is 0.257 e. The normalized spacial score (nSPS) is 10.6. The van der Waals surface area contributed by atoms with E-state index in [1.54, 1.807) is 0 Å². The van der Waals surface area contributed by atoms with Gasteiger partial charge in [0.15, 0.2) is 0 Å². The fourth-order valence-electron chi connectivity index (χ4n) is 2.60. The first-order chi connectivity index (χ1) is 13.2. The molecule has 0 radical (unpaired) electrons. The molecule has 27 heavy (non-hydrogen) atoms. The molecule has 4 nitrogen and oxygen atoms in total. The molecule has 132 valence electrons. The zero-order chi connectivity index (χ0) is 18.6. The highest BCUT2D eigenvalue weighted by molar-refractivity contribution is 9.10. The van der Waals surface area contributed by atoms with Crippen LogP contribution >= 0.6 is 27.3 Å². The summed E-state index contributed by atoms with van der Waals surface area (Å²) in [5.74, 6) is -0.201. The molecule has 0 saturated carbocycles. The van der Waals surface area contributed by atoms with Crippen LogP contribution in [0.25, 0.3) is 21.7 Å². The molecule has 1 aromatic heterocycles. The third kappa shape index (κ3) is 4.13. The van der Waals surface area contributed by atoms with E-state index in [-0.39, 0.29) is 5.91 Å². The fourth-order valence-corrected chi connectivity index (χ4v) is 3.61. The third-order valence-corrected chi connectivity index (χ3v) is 5.41. The smallest absolute Gasteiger partial charge is 0.257 e. The number of rotatable bonds is 4. The summed E-state index contributed by atoms with van der Waals surface area (Å²) in [6.45, 7) is 0. The second kappa shape index (κ2) is 7.82. The number of hydrogen-bond acceptors (Lipinski definition) is 4. The number of nitrogens with one attached hydrogen (secondary N) is 1. The summed E-state index contributed by atoms with van der Waals surface area (Å²) in [4.78, 5) is 12.5. The van der Waals surface area contributed by atoms with E-state index in [2.05, 4.69) is 31.4 Å². The average Bonchev–Trinajstić information content (AvgIpc) is 3.18. The minimum atomic E-state index is -0.201. The molecule has 0 atom stereocenters. The van der Waals surface area contributed by atoms with Gasteiger partial charge in [-0.05, 0) is 35.4 Å². The van der Waals surface area contributed by atoms with E-state index in [0.717, 1.165) is 26.2 Å². The van der Waals surface area contributed by atoms with Gasteiger partial charge < -0.3 is 0 Å². The predicted molar refractivity (Wildman–Crippen MR) is 113 cm³/mol. The van der Waals surface area contributed by atoms with Gasteiger partial charge in [0.05, 0.1) is 0 Å². The molecule has 0 bridgehead atoms. The topological polar surface area (TPSA) is 54.9 Å². The number of halogens is 1. The van der Waals surface area contributed by atoms with Gasteiger partial charge in [-0.15, -0.1) is 10.2 Å². The maximum absolute atomic E-state index is 12.5. The molecule has 0 saturated heterocycles. The number of hydrogen-bond donors (Lipinski definition) is 1. The lowest BCUT2D eigenvalue weighted by molar-refractivity contribution is 0.102. The van der Waals surface area contributed by atoms with E-state index in [4.69, 9.17) is 0 Å². The van der Waals surface area contributed by atoms with Crippen molar-refractivity contribution in [3.05, 3.63) is 88.9 Å². The molecular formula is C21H14BrN3OS. The van der Waals surface area contributed by atoms with Crippen LogP contribution in [0.1, 0.15) is 10.4 Å². The Morgan fingerprint density at radius 3 is 2.11 bits per heavy atom. The summed E-state index contributed by atoms with van der Waals surface area (Å²) in [5.41, 5.74) is 3.73. The third-order valence-electron chi connectivity index (χ3n) is 3.99. The second-order valence-corrected chi connectivity index (χ2v) is 7.71. The largest absolute Gasteiger partial charge is 0.296 e. The molecule has 1 N–H and O–H groups in total. The lowest BCUT2D eigenvalue weighted by atomic mass is 10.0. The van der Waals surface area contributed by atoms with Gasteiger partial charge in [-0.1, -0.05) is 81.9 Å². The molecule has 0 aliphatic heterocycles. The Labute approximate surface area is 169 Å². The molecule has 1 amide bonds. The van der Waals surface area contributed by atoms with Gasteiger partial charge in [-0.3, -0.25) is 10.1 Å². The van der Waals surface area contributed by atoms with Crippen LogP contribution in [0.4, 0.5) is 5.13 Å². The van der Waals surface area contributed by atoms with Crippen LogP contribution in [-0.2, 0) is 0 Å². The van der Waals surface area contributed by atoms with Crippen LogP contribution in [0, 0.1) is 0 Å². The van der Waals surface area contributed by atoms with Crippen molar-refractivity contribution in [3.8, 4) is 21.7 Å². The molecule has 0 aliphatic rings. The molecule has 3 aromatic carbocycles. The first kappa shape index (κ1) is 17.6. The lowest BCUT2D eigenvalue weighted by Crippen LogP contribution is -2.11. The van der Waals surface area contributed by atoms with Crippen LogP contribution in [0.3, 0.4) is 0 Å². The average molecular weight is 436 g/mol. The van der Waals surface area contributed by atoms with Gasteiger partial charge in [0.25, 0.3) is 5.91 Å².